The highest BCUT2D eigenvalue weighted by Gasteiger charge is 2.18. The maximum absolute atomic E-state index is 5.66. The summed E-state index contributed by atoms with van der Waals surface area (Å²) in [5, 5.41) is 1.24. The summed E-state index contributed by atoms with van der Waals surface area (Å²) in [5.41, 5.74) is 1.31. The largest absolute Gasteiger partial charge is 0.493 e. The van der Waals surface area contributed by atoms with Crippen LogP contribution in [0.5, 0.6) is 5.75 Å². The van der Waals surface area contributed by atoms with Gasteiger partial charge in [0.1, 0.15) is 5.75 Å². The van der Waals surface area contributed by atoms with Crippen molar-refractivity contribution < 1.29 is 4.74 Å². The van der Waals surface area contributed by atoms with Crippen LogP contribution >= 0.6 is 0 Å². The third kappa shape index (κ3) is 1.92. The van der Waals surface area contributed by atoms with E-state index >= 15 is 0 Å². The van der Waals surface area contributed by atoms with Crippen LogP contribution in [0.3, 0.4) is 0 Å². The van der Waals surface area contributed by atoms with Gasteiger partial charge in [0.2, 0.25) is 0 Å². The standard InChI is InChI=1S/C15H19NO/c1-2-17-15-8-4-7-14-13(15)9-10-16(14)11-12-5-3-6-12/h4,7-10,12H,2-3,5-6,11H2,1H3. The van der Waals surface area contributed by atoms with Crippen molar-refractivity contribution in [2.24, 2.45) is 5.92 Å². The molecule has 1 aliphatic carbocycles. The van der Waals surface area contributed by atoms with E-state index in [2.05, 4.69) is 35.0 Å². The summed E-state index contributed by atoms with van der Waals surface area (Å²) in [7, 11) is 0. The van der Waals surface area contributed by atoms with Gasteiger partial charge < -0.3 is 9.30 Å². The van der Waals surface area contributed by atoms with Gasteiger partial charge in [0, 0.05) is 18.1 Å². The van der Waals surface area contributed by atoms with Gasteiger partial charge in [0.25, 0.3) is 0 Å². The van der Waals surface area contributed by atoms with E-state index in [-0.39, 0.29) is 0 Å². The fourth-order valence-corrected chi connectivity index (χ4v) is 2.59. The van der Waals surface area contributed by atoms with Crippen molar-refractivity contribution in [1.82, 2.24) is 4.57 Å². The molecule has 2 heteroatoms. The van der Waals surface area contributed by atoms with E-state index in [0.29, 0.717) is 0 Å². The normalized spacial score (nSPS) is 16.1. The molecule has 90 valence electrons. The number of nitrogens with zero attached hydrogens (tertiary/aromatic N) is 1. The number of hydrogen-bond donors (Lipinski definition) is 0. The number of rotatable bonds is 4. The molecule has 1 aromatic carbocycles. The predicted octanol–water partition coefficient (Wildman–Crippen LogP) is 3.84. The summed E-state index contributed by atoms with van der Waals surface area (Å²) in [6.07, 6.45) is 6.40. The zero-order valence-electron chi connectivity index (χ0n) is 10.4. The van der Waals surface area contributed by atoms with Crippen LogP contribution in [0.2, 0.25) is 0 Å². The quantitative estimate of drug-likeness (QED) is 0.777. The first-order valence-corrected chi connectivity index (χ1v) is 6.59. The number of benzene rings is 1. The number of hydrogen-bond acceptors (Lipinski definition) is 1. The predicted molar refractivity (Wildman–Crippen MR) is 70.4 cm³/mol. The van der Waals surface area contributed by atoms with Gasteiger partial charge in [-0.2, -0.15) is 0 Å². The van der Waals surface area contributed by atoms with Crippen molar-refractivity contribution >= 4 is 10.9 Å². The van der Waals surface area contributed by atoms with Crippen LogP contribution < -0.4 is 4.74 Å². The van der Waals surface area contributed by atoms with E-state index in [9.17, 15) is 0 Å². The summed E-state index contributed by atoms with van der Waals surface area (Å²) in [4.78, 5) is 0. The Balaban J connectivity index is 1.94. The van der Waals surface area contributed by atoms with Gasteiger partial charge in [0.05, 0.1) is 12.1 Å². The Morgan fingerprint density at radius 3 is 2.88 bits per heavy atom. The van der Waals surface area contributed by atoms with Crippen LogP contribution in [-0.2, 0) is 6.54 Å². The monoisotopic (exact) mass is 229 g/mol. The van der Waals surface area contributed by atoms with Crippen LogP contribution in [0, 0.1) is 5.92 Å². The SMILES string of the molecule is CCOc1cccc2c1ccn2CC1CCC1. The van der Waals surface area contributed by atoms with Gasteiger partial charge in [-0.3, -0.25) is 0 Å². The van der Waals surface area contributed by atoms with Crippen LogP contribution in [0.15, 0.2) is 30.5 Å². The van der Waals surface area contributed by atoms with Crippen LogP contribution in [0.4, 0.5) is 0 Å². The van der Waals surface area contributed by atoms with Gasteiger partial charge in [-0.25, -0.2) is 0 Å². The van der Waals surface area contributed by atoms with E-state index in [1.54, 1.807) is 0 Å². The summed E-state index contributed by atoms with van der Waals surface area (Å²) < 4.78 is 8.04. The van der Waals surface area contributed by atoms with E-state index in [4.69, 9.17) is 4.74 Å². The Morgan fingerprint density at radius 1 is 1.29 bits per heavy atom. The van der Waals surface area contributed by atoms with Crippen LogP contribution in [0.1, 0.15) is 26.2 Å². The molecular formula is C15H19NO. The van der Waals surface area contributed by atoms with Gasteiger partial charge in [-0.1, -0.05) is 12.5 Å². The maximum Gasteiger partial charge on any atom is 0.128 e. The fourth-order valence-electron chi connectivity index (χ4n) is 2.59. The molecular weight excluding hydrogens is 210 g/mol. The van der Waals surface area contributed by atoms with Gasteiger partial charge in [0.15, 0.2) is 0 Å². The van der Waals surface area contributed by atoms with Gasteiger partial charge in [-0.05, 0) is 43.9 Å². The molecule has 0 aliphatic heterocycles. The lowest BCUT2D eigenvalue weighted by Crippen LogP contribution is -2.17. The molecule has 1 aliphatic rings. The smallest absolute Gasteiger partial charge is 0.128 e. The molecule has 1 heterocycles. The van der Waals surface area contributed by atoms with Gasteiger partial charge in [-0.15, -0.1) is 0 Å². The second-order valence-electron chi connectivity index (χ2n) is 4.89. The zero-order valence-corrected chi connectivity index (χ0v) is 10.4. The highest BCUT2D eigenvalue weighted by atomic mass is 16.5. The number of ether oxygens (including phenoxy) is 1. The Kier molecular flexibility index (Phi) is 2.79. The lowest BCUT2D eigenvalue weighted by molar-refractivity contribution is 0.280. The minimum atomic E-state index is 0.729. The number of aromatic nitrogens is 1. The second kappa shape index (κ2) is 4.44. The molecule has 0 radical (unpaired) electrons. The molecule has 2 nitrogen and oxygen atoms in total. The molecule has 0 N–H and O–H groups in total. The molecule has 17 heavy (non-hydrogen) atoms. The van der Waals surface area contributed by atoms with Crippen LogP contribution in [0.25, 0.3) is 10.9 Å². The Hall–Kier alpha value is -1.44. The van der Waals surface area contributed by atoms with Crippen molar-refractivity contribution in [3.63, 3.8) is 0 Å². The van der Waals surface area contributed by atoms with E-state index in [0.717, 1.165) is 18.3 Å². The average Bonchev–Trinajstić information content (AvgIpc) is 2.68. The lowest BCUT2D eigenvalue weighted by atomic mass is 9.85. The average molecular weight is 229 g/mol. The summed E-state index contributed by atoms with van der Waals surface area (Å²) in [5.74, 6) is 1.90. The minimum absolute atomic E-state index is 0.729. The summed E-state index contributed by atoms with van der Waals surface area (Å²) in [6, 6.07) is 8.51. The highest BCUT2D eigenvalue weighted by Crippen LogP contribution is 2.31. The third-order valence-electron chi connectivity index (χ3n) is 3.75. The van der Waals surface area contributed by atoms with Gasteiger partial charge >= 0.3 is 0 Å². The second-order valence-corrected chi connectivity index (χ2v) is 4.89. The summed E-state index contributed by atoms with van der Waals surface area (Å²) in [6.45, 7) is 3.93. The van der Waals surface area contributed by atoms with Crippen molar-refractivity contribution in [1.29, 1.82) is 0 Å². The van der Waals surface area contributed by atoms with Crippen LogP contribution in [-0.4, -0.2) is 11.2 Å². The molecule has 1 fully saturated rings. The first-order chi connectivity index (χ1) is 8.38. The summed E-state index contributed by atoms with van der Waals surface area (Å²) >= 11 is 0. The van der Waals surface area contributed by atoms with Crippen molar-refractivity contribution in [3.8, 4) is 5.75 Å². The van der Waals surface area contributed by atoms with E-state index in [1.807, 2.05) is 6.92 Å². The topological polar surface area (TPSA) is 14.2 Å². The fraction of sp³-hybridized carbons (Fsp3) is 0.467. The molecule has 0 amide bonds. The molecule has 0 saturated heterocycles. The zero-order chi connectivity index (χ0) is 11.7. The first kappa shape index (κ1) is 10.7. The molecule has 2 aromatic rings. The molecule has 0 unspecified atom stereocenters. The molecule has 1 aromatic heterocycles. The molecule has 1 saturated carbocycles. The van der Waals surface area contributed by atoms with Crippen molar-refractivity contribution in [2.75, 3.05) is 6.61 Å². The lowest BCUT2D eigenvalue weighted by Gasteiger charge is -2.26. The molecule has 0 atom stereocenters. The van der Waals surface area contributed by atoms with Crippen molar-refractivity contribution in [2.45, 2.75) is 32.7 Å². The minimum Gasteiger partial charge on any atom is -0.493 e. The molecule has 0 bridgehead atoms. The number of fused-ring (bicyclic) bond motifs is 1. The van der Waals surface area contributed by atoms with E-state index < -0.39 is 0 Å². The third-order valence-corrected chi connectivity index (χ3v) is 3.75. The maximum atomic E-state index is 5.66. The van der Waals surface area contributed by atoms with Crippen molar-refractivity contribution in [3.05, 3.63) is 30.5 Å². The van der Waals surface area contributed by atoms with E-state index in [1.165, 1.54) is 36.7 Å². The first-order valence-electron chi connectivity index (χ1n) is 6.59. The Bertz CT molecular complexity index is 511. The Morgan fingerprint density at radius 2 is 2.18 bits per heavy atom. The Labute approximate surface area is 102 Å². The molecule has 0 spiro atoms. The highest BCUT2D eigenvalue weighted by molar-refractivity contribution is 5.86. The molecule has 3 rings (SSSR count).